The smallest absolute Gasteiger partial charge is 0.179 e. The molecule has 6 rings (SSSR count). The highest BCUT2D eigenvalue weighted by Gasteiger charge is 2.66. The molecule has 0 saturated heterocycles. The van der Waals surface area contributed by atoms with E-state index in [2.05, 4.69) is 77.6 Å². The largest absolute Gasteiger partial charge is 0.301 e. The Labute approximate surface area is 169 Å². The molecule has 140 valence electrons. The Kier molecular flexibility index (Phi) is 3.17. The molecule has 4 nitrogen and oxygen atoms in total. The summed E-state index contributed by atoms with van der Waals surface area (Å²) in [7, 11) is 0. The fraction of sp³-hybridized carbons (Fsp3) is 0.304. The van der Waals surface area contributed by atoms with Crippen molar-refractivity contribution in [3.05, 3.63) is 71.9 Å². The molecule has 0 radical (unpaired) electrons. The fourth-order valence-corrected chi connectivity index (χ4v) is 6.57. The quantitative estimate of drug-likeness (QED) is 0.534. The number of anilines is 4. The number of aromatic nitrogens is 2. The van der Waals surface area contributed by atoms with Gasteiger partial charge in [0.25, 0.3) is 0 Å². The molecule has 28 heavy (non-hydrogen) atoms. The molecular weight excluding hydrogens is 364 g/mol. The van der Waals surface area contributed by atoms with Gasteiger partial charge < -0.3 is 4.90 Å². The van der Waals surface area contributed by atoms with Gasteiger partial charge in [-0.2, -0.15) is 0 Å². The zero-order chi connectivity index (χ0) is 18.9. The molecule has 2 aromatic heterocycles. The highest BCUT2D eigenvalue weighted by atomic mass is 32.1. The topological polar surface area (TPSA) is 32.3 Å². The predicted octanol–water partition coefficient (Wildman–Crippen LogP) is 5.78. The summed E-state index contributed by atoms with van der Waals surface area (Å²) in [5, 5.41) is 3.37. The lowest BCUT2D eigenvalue weighted by molar-refractivity contribution is 0.123. The summed E-state index contributed by atoms with van der Waals surface area (Å²) < 4.78 is 0. The van der Waals surface area contributed by atoms with E-state index < -0.39 is 0 Å². The number of benzene rings is 1. The molecule has 3 unspecified atom stereocenters. The van der Waals surface area contributed by atoms with Crippen molar-refractivity contribution in [2.75, 3.05) is 9.80 Å². The Hall–Kier alpha value is -2.66. The van der Waals surface area contributed by atoms with Crippen LogP contribution in [0.25, 0.3) is 0 Å². The van der Waals surface area contributed by atoms with Crippen LogP contribution in [0.1, 0.15) is 32.3 Å². The van der Waals surface area contributed by atoms with Gasteiger partial charge in [-0.15, -0.1) is 11.3 Å². The third kappa shape index (κ3) is 1.64. The monoisotopic (exact) mass is 386 g/mol. The molecule has 3 aliphatic rings. The molecule has 4 heterocycles. The molecule has 0 N–H and O–H groups in total. The minimum atomic E-state index is 0.0163. The number of hydrogen-bond donors (Lipinski definition) is 0. The Morgan fingerprint density at radius 3 is 2.36 bits per heavy atom. The van der Waals surface area contributed by atoms with Gasteiger partial charge >= 0.3 is 0 Å². The zero-order valence-electron chi connectivity index (χ0n) is 16.0. The first kappa shape index (κ1) is 16.3. The van der Waals surface area contributed by atoms with Crippen LogP contribution in [0.3, 0.4) is 0 Å². The molecule has 1 aliphatic carbocycles. The van der Waals surface area contributed by atoms with Crippen LogP contribution < -0.4 is 9.80 Å². The molecule has 5 heteroatoms. The molecule has 0 saturated carbocycles. The molecule has 3 aromatic rings. The van der Waals surface area contributed by atoms with Gasteiger partial charge in [0.1, 0.15) is 6.17 Å². The lowest BCUT2D eigenvalue weighted by atomic mass is 9.47. The number of rotatable bonds is 3. The maximum atomic E-state index is 4.80. The van der Waals surface area contributed by atoms with Gasteiger partial charge in [0.15, 0.2) is 11.6 Å². The van der Waals surface area contributed by atoms with Crippen molar-refractivity contribution in [2.45, 2.75) is 38.3 Å². The molecular formula is C23H22N4S. The summed E-state index contributed by atoms with van der Waals surface area (Å²) in [5.41, 5.74) is 2.76. The average Bonchev–Trinajstić information content (AvgIpc) is 3.35. The highest BCUT2D eigenvalue weighted by Crippen LogP contribution is 2.68. The second-order valence-corrected chi connectivity index (χ2v) is 8.76. The van der Waals surface area contributed by atoms with Gasteiger partial charge in [-0.05, 0) is 42.0 Å². The Balaban J connectivity index is 1.71. The van der Waals surface area contributed by atoms with Gasteiger partial charge in [-0.25, -0.2) is 9.97 Å². The number of para-hydroxylation sites is 1. The molecule has 0 fully saturated rings. The first-order chi connectivity index (χ1) is 13.8. The number of nitrogens with zero attached hydrogens (tertiary/aromatic N) is 4. The van der Waals surface area contributed by atoms with Gasteiger partial charge in [0.05, 0.1) is 5.00 Å². The van der Waals surface area contributed by atoms with Crippen LogP contribution in [0.5, 0.6) is 0 Å². The SMILES string of the molecule is CCC12C=CC1(CC)C1N(c3cccs3)c3nccnc3N1c1ccccc12. The van der Waals surface area contributed by atoms with Crippen LogP contribution in [0.15, 0.2) is 66.3 Å². The second kappa shape index (κ2) is 5.45. The maximum absolute atomic E-state index is 4.80. The maximum Gasteiger partial charge on any atom is 0.179 e. The molecule has 1 aromatic carbocycles. The van der Waals surface area contributed by atoms with E-state index in [4.69, 9.17) is 9.97 Å². The number of hydrogen-bond acceptors (Lipinski definition) is 5. The standard InChI is InChI=1S/C23H22N4S/c1-3-22-11-12-23(22,4-2)21-26(17-9-6-5-8-16(17)22)19-20(25-14-13-24-19)27(21)18-10-7-15-28-18/h5-15,21H,3-4H2,1-2H3. The van der Waals surface area contributed by atoms with Crippen molar-refractivity contribution in [3.8, 4) is 0 Å². The Bertz CT molecular complexity index is 1090. The Morgan fingerprint density at radius 1 is 0.929 bits per heavy atom. The number of allylic oxidation sites excluding steroid dienone is 1. The van der Waals surface area contributed by atoms with Crippen molar-refractivity contribution in [1.29, 1.82) is 0 Å². The van der Waals surface area contributed by atoms with Crippen LogP contribution >= 0.6 is 11.3 Å². The molecule has 0 spiro atoms. The first-order valence-electron chi connectivity index (χ1n) is 10.0. The van der Waals surface area contributed by atoms with E-state index in [1.807, 2.05) is 12.4 Å². The van der Waals surface area contributed by atoms with Gasteiger partial charge in [0, 0.05) is 28.9 Å². The molecule has 0 bridgehead atoms. The second-order valence-electron chi connectivity index (χ2n) is 7.84. The summed E-state index contributed by atoms with van der Waals surface area (Å²) in [6.45, 7) is 4.66. The van der Waals surface area contributed by atoms with E-state index in [-0.39, 0.29) is 17.0 Å². The van der Waals surface area contributed by atoms with Crippen molar-refractivity contribution < 1.29 is 0 Å². The first-order valence-corrected chi connectivity index (χ1v) is 10.9. The van der Waals surface area contributed by atoms with Crippen molar-refractivity contribution in [2.24, 2.45) is 5.41 Å². The van der Waals surface area contributed by atoms with Crippen LogP contribution in [0.2, 0.25) is 0 Å². The fourth-order valence-electron chi connectivity index (χ4n) is 5.82. The number of fused-ring (bicyclic) bond motifs is 8. The van der Waals surface area contributed by atoms with E-state index in [0.29, 0.717) is 0 Å². The predicted molar refractivity (Wildman–Crippen MR) is 115 cm³/mol. The van der Waals surface area contributed by atoms with Gasteiger partial charge in [-0.1, -0.05) is 44.2 Å². The zero-order valence-corrected chi connectivity index (χ0v) is 16.9. The molecule has 0 amide bonds. The van der Waals surface area contributed by atoms with Gasteiger partial charge in [0.2, 0.25) is 0 Å². The summed E-state index contributed by atoms with van der Waals surface area (Å²) in [4.78, 5) is 14.5. The lowest BCUT2D eigenvalue weighted by Gasteiger charge is -2.63. The Morgan fingerprint density at radius 2 is 1.71 bits per heavy atom. The van der Waals surface area contributed by atoms with E-state index in [0.717, 1.165) is 24.5 Å². The van der Waals surface area contributed by atoms with Gasteiger partial charge in [-0.3, -0.25) is 4.90 Å². The third-order valence-corrected chi connectivity index (χ3v) is 7.96. The van der Waals surface area contributed by atoms with Crippen LogP contribution in [0.4, 0.5) is 22.3 Å². The highest BCUT2D eigenvalue weighted by molar-refractivity contribution is 7.14. The van der Waals surface area contributed by atoms with E-state index in [1.165, 1.54) is 16.3 Å². The normalized spacial score (nSPS) is 29.0. The van der Waals surface area contributed by atoms with Crippen LogP contribution in [-0.4, -0.2) is 16.1 Å². The van der Waals surface area contributed by atoms with Crippen molar-refractivity contribution in [3.63, 3.8) is 0 Å². The molecule has 3 atom stereocenters. The van der Waals surface area contributed by atoms with E-state index in [9.17, 15) is 0 Å². The van der Waals surface area contributed by atoms with Crippen molar-refractivity contribution >= 4 is 33.7 Å². The summed E-state index contributed by atoms with van der Waals surface area (Å²) in [6, 6.07) is 13.2. The molecule has 2 aliphatic heterocycles. The minimum Gasteiger partial charge on any atom is -0.301 e. The average molecular weight is 387 g/mol. The van der Waals surface area contributed by atoms with E-state index >= 15 is 0 Å². The summed E-state index contributed by atoms with van der Waals surface area (Å²) >= 11 is 1.77. The summed E-state index contributed by atoms with van der Waals surface area (Å²) in [6.07, 6.45) is 10.8. The number of thiophene rings is 1. The minimum absolute atomic E-state index is 0.0163. The van der Waals surface area contributed by atoms with E-state index in [1.54, 1.807) is 11.3 Å². The van der Waals surface area contributed by atoms with Crippen LogP contribution in [-0.2, 0) is 5.41 Å². The van der Waals surface area contributed by atoms with Crippen LogP contribution in [0, 0.1) is 5.41 Å². The summed E-state index contributed by atoms with van der Waals surface area (Å²) in [5.74, 6) is 1.93. The third-order valence-electron chi connectivity index (χ3n) is 7.09. The lowest BCUT2D eigenvalue weighted by Crippen LogP contribution is -2.66. The van der Waals surface area contributed by atoms with Crippen molar-refractivity contribution in [1.82, 2.24) is 9.97 Å².